The Morgan fingerprint density at radius 3 is 0.735 bits per heavy atom. The highest BCUT2D eigenvalue weighted by Crippen LogP contribution is 2.26. The van der Waals surface area contributed by atoms with E-state index in [4.69, 9.17) is 0 Å². The zero-order valence-corrected chi connectivity index (χ0v) is 23.7. The third-order valence-corrected chi connectivity index (χ3v) is 8.30. The molecule has 0 spiro atoms. The molecule has 0 aliphatic heterocycles. The molecule has 202 valence electrons. The first-order chi connectivity index (χ1) is 16.8. The van der Waals surface area contributed by atoms with Crippen molar-refractivity contribution in [1.82, 2.24) is 0 Å². The van der Waals surface area contributed by atoms with E-state index in [1.807, 2.05) is 0 Å². The molecule has 5 aliphatic rings. The van der Waals surface area contributed by atoms with Crippen LogP contribution < -0.4 is 0 Å². The van der Waals surface area contributed by atoms with Crippen LogP contribution in [0.5, 0.6) is 0 Å². The van der Waals surface area contributed by atoms with Gasteiger partial charge in [0.05, 0.1) is 0 Å². The van der Waals surface area contributed by atoms with E-state index in [1.165, 1.54) is 186 Å². The Hall–Kier alpha value is -0.330. The molecule has 1 heteroatoms. The minimum atomic E-state index is 0.368. The van der Waals surface area contributed by atoms with Crippen molar-refractivity contribution in [2.24, 2.45) is 5.92 Å². The molecular weight excluding hydrogens is 412 g/mol. The van der Waals surface area contributed by atoms with Crippen LogP contribution in [0, 0.1) is 5.92 Å². The minimum absolute atomic E-state index is 0.368. The Bertz CT molecular complexity index is 299. The van der Waals surface area contributed by atoms with Crippen LogP contribution in [0.4, 0.5) is 0 Å². The first kappa shape index (κ1) is 31.7. The van der Waals surface area contributed by atoms with Gasteiger partial charge in [0.2, 0.25) is 0 Å². The molecule has 0 aromatic carbocycles. The Labute approximate surface area is 216 Å². The molecule has 0 heterocycles. The fourth-order valence-electron chi connectivity index (χ4n) is 6.04. The van der Waals surface area contributed by atoms with Gasteiger partial charge in [-0.25, -0.2) is 0 Å². The van der Waals surface area contributed by atoms with Crippen molar-refractivity contribution in [3.63, 3.8) is 0 Å². The Morgan fingerprint density at radius 2 is 0.559 bits per heavy atom. The van der Waals surface area contributed by atoms with Gasteiger partial charge in [0.1, 0.15) is 5.78 Å². The minimum Gasteiger partial charge on any atom is -0.300 e. The molecule has 5 saturated carbocycles. The molecular formula is C33H64O. The highest BCUT2D eigenvalue weighted by atomic mass is 16.1. The SMILES string of the molecule is C1CCCCC1.C1CCCCC1.C1CCCCC1.C1CCCCC1.CC(=O)CC1CCCCC1. The van der Waals surface area contributed by atoms with Crippen LogP contribution in [-0.4, -0.2) is 5.78 Å². The van der Waals surface area contributed by atoms with E-state index in [9.17, 15) is 4.79 Å². The molecule has 0 aromatic heterocycles. The fraction of sp³-hybridized carbons (Fsp3) is 0.970. The molecule has 1 nitrogen and oxygen atoms in total. The van der Waals surface area contributed by atoms with Crippen LogP contribution in [0.2, 0.25) is 0 Å². The summed E-state index contributed by atoms with van der Waals surface area (Å²) in [6.45, 7) is 1.70. The lowest BCUT2D eigenvalue weighted by molar-refractivity contribution is -0.118. The third-order valence-electron chi connectivity index (χ3n) is 8.30. The van der Waals surface area contributed by atoms with Crippen LogP contribution in [-0.2, 0) is 4.79 Å². The van der Waals surface area contributed by atoms with Crippen molar-refractivity contribution in [1.29, 1.82) is 0 Å². The summed E-state index contributed by atoms with van der Waals surface area (Å²) in [5.41, 5.74) is 0. The summed E-state index contributed by atoms with van der Waals surface area (Å²) in [7, 11) is 0. The van der Waals surface area contributed by atoms with Gasteiger partial charge in [0, 0.05) is 6.42 Å². The largest absolute Gasteiger partial charge is 0.300 e. The maximum Gasteiger partial charge on any atom is 0.130 e. The summed E-state index contributed by atoms with van der Waals surface area (Å²) in [5.74, 6) is 1.10. The van der Waals surface area contributed by atoms with Gasteiger partial charge in [-0.3, -0.25) is 0 Å². The van der Waals surface area contributed by atoms with Gasteiger partial charge in [-0.15, -0.1) is 0 Å². The van der Waals surface area contributed by atoms with Crippen LogP contribution in [0.25, 0.3) is 0 Å². The molecule has 0 unspecified atom stereocenters. The lowest BCUT2D eigenvalue weighted by atomic mass is 9.86. The van der Waals surface area contributed by atoms with Gasteiger partial charge >= 0.3 is 0 Å². The highest BCUT2D eigenvalue weighted by molar-refractivity contribution is 5.75. The van der Waals surface area contributed by atoms with Crippen molar-refractivity contribution in [2.75, 3.05) is 0 Å². The van der Waals surface area contributed by atoms with Gasteiger partial charge in [0.15, 0.2) is 0 Å². The van der Waals surface area contributed by atoms with Crippen molar-refractivity contribution in [3.05, 3.63) is 0 Å². The number of ketones is 1. The Kier molecular flexibility index (Phi) is 24.0. The lowest BCUT2D eigenvalue weighted by Crippen LogP contribution is -2.09. The molecule has 0 radical (unpaired) electrons. The van der Waals surface area contributed by atoms with Gasteiger partial charge in [-0.1, -0.05) is 186 Å². The van der Waals surface area contributed by atoms with Gasteiger partial charge in [0.25, 0.3) is 0 Å². The summed E-state index contributed by atoms with van der Waals surface area (Å²) in [6.07, 6.45) is 43.5. The average Bonchev–Trinajstić information content (AvgIpc) is 2.94. The van der Waals surface area contributed by atoms with Gasteiger partial charge in [-0.05, 0) is 12.8 Å². The van der Waals surface area contributed by atoms with Crippen LogP contribution in [0.3, 0.4) is 0 Å². The number of Topliss-reactive ketones (excluding diaryl/α,β-unsaturated/α-hetero) is 1. The first-order valence-electron chi connectivity index (χ1n) is 16.3. The highest BCUT2D eigenvalue weighted by Gasteiger charge is 2.14. The van der Waals surface area contributed by atoms with Crippen molar-refractivity contribution in [2.45, 2.75) is 200 Å². The summed E-state index contributed by atoms with van der Waals surface area (Å²) >= 11 is 0. The number of rotatable bonds is 2. The van der Waals surface area contributed by atoms with Crippen molar-refractivity contribution >= 4 is 5.78 Å². The molecule has 0 aromatic rings. The summed E-state index contributed by atoms with van der Waals surface area (Å²) in [6, 6.07) is 0. The predicted octanol–water partition coefficient (Wildman–Crippen LogP) is 11.9. The van der Waals surface area contributed by atoms with Gasteiger partial charge < -0.3 is 4.79 Å². The zero-order valence-electron chi connectivity index (χ0n) is 23.7. The molecule has 0 saturated heterocycles. The van der Waals surface area contributed by atoms with Crippen molar-refractivity contribution < 1.29 is 4.79 Å². The first-order valence-corrected chi connectivity index (χ1v) is 16.3. The van der Waals surface area contributed by atoms with E-state index in [0.717, 1.165) is 12.3 Å². The van der Waals surface area contributed by atoms with E-state index < -0.39 is 0 Å². The standard InChI is InChI=1S/C9H16O.4C6H12/c1-8(10)7-9-5-3-2-4-6-9;4*1-2-4-6-5-3-1/h9H,2-7H2,1H3;4*1-6H2. The van der Waals surface area contributed by atoms with Crippen LogP contribution in [0.15, 0.2) is 0 Å². The number of hydrogen-bond acceptors (Lipinski definition) is 1. The molecule has 5 rings (SSSR count). The summed E-state index contributed by atoms with van der Waals surface area (Å²) < 4.78 is 0. The van der Waals surface area contributed by atoms with E-state index in [1.54, 1.807) is 6.92 Å². The normalized spacial score (nSPS) is 23.1. The molecule has 0 bridgehead atoms. The second-order valence-corrected chi connectivity index (χ2v) is 11.9. The fourth-order valence-corrected chi connectivity index (χ4v) is 6.04. The molecule has 0 atom stereocenters. The monoisotopic (exact) mass is 476 g/mol. The van der Waals surface area contributed by atoms with Gasteiger partial charge in [-0.2, -0.15) is 0 Å². The summed E-state index contributed by atoms with van der Waals surface area (Å²) in [5, 5.41) is 0. The second kappa shape index (κ2) is 25.8. The van der Waals surface area contributed by atoms with Crippen LogP contribution in [0.1, 0.15) is 200 Å². The number of hydrogen-bond donors (Lipinski definition) is 0. The predicted molar refractivity (Wildman–Crippen MR) is 153 cm³/mol. The Balaban J connectivity index is 0.000000217. The van der Waals surface area contributed by atoms with E-state index in [2.05, 4.69) is 0 Å². The second-order valence-electron chi connectivity index (χ2n) is 11.9. The quantitative estimate of drug-likeness (QED) is 0.387. The van der Waals surface area contributed by atoms with E-state index in [-0.39, 0.29) is 0 Å². The molecule has 5 aliphatic carbocycles. The topological polar surface area (TPSA) is 17.1 Å². The third kappa shape index (κ3) is 23.4. The zero-order chi connectivity index (χ0) is 24.4. The smallest absolute Gasteiger partial charge is 0.130 e. The molecule has 34 heavy (non-hydrogen) atoms. The Morgan fingerprint density at radius 1 is 0.382 bits per heavy atom. The maximum atomic E-state index is 10.7. The van der Waals surface area contributed by atoms with Crippen LogP contribution >= 0.6 is 0 Å². The number of carbonyl (C=O) groups is 1. The molecule has 0 amide bonds. The molecule has 5 fully saturated rings. The molecule has 0 N–H and O–H groups in total. The lowest BCUT2D eigenvalue weighted by Gasteiger charge is -2.19. The van der Waals surface area contributed by atoms with E-state index >= 15 is 0 Å². The number of carbonyl (C=O) groups excluding carboxylic acids is 1. The van der Waals surface area contributed by atoms with E-state index in [0.29, 0.717) is 5.78 Å². The average molecular weight is 477 g/mol. The summed E-state index contributed by atoms with van der Waals surface area (Å²) in [4.78, 5) is 10.7. The maximum absolute atomic E-state index is 10.7. The van der Waals surface area contributed by atoms with Crippen molar-refractivity contribution in [3.8, 4) is 0 Å².